The summed E-state index contributed by atoms with van der Waals surface area (Å²) < 4.78 is 0. The van der Waals surface area contributed by atoms with E-state index in [1.807, 2.05) is 23.6 Å². The van der Waals surface area contributed by atoms with Gasteiger partial charge in [0, 0.05) is 30.2 Å². The molecule has 1 aliphatic heterocycles. The van der Waals surface area contributed by atoms with Crippen LogP contribution < -0.4 is 10.6 Å². The molecule has 1 aromatic heterocycles. The van der Waals surface area contributed by atoms with Crippen molar-refractivity contribution in [1.29, 1.82) is 0 Å². The maximum atomic E-state index is 13.1. The molecule has 5 nitrogen and oxygen atoms in total. The first kappa shape index (κ1) is 16.3. The summed E-state index contributed by atoms with van der Waals surface area (Å²) in [5.74, 6) is 0.0624. The summed E-state index contributed by atoms with van der Waals surface area (Å²) in [4.78, 5) is 29.2. The highest BCUT2D eigenvalue weighted by Crippen LogP contribution is 2.40. The molecule has 1 aromatic carbocycles. The summed E-state index contributed by atoms with van der Waals surface area (Å²) in [5, 5.41) is 8.83. The smallest absolute Gasteiger partial charge is 0.251 e. The molecule has 0 atom stereocenters. The van der Waals surface area contributed by atoms with Crippen LogP contribution in [0.4, 0.5) is 0 Å². The predicted octanol–water partition coefficient (Wildman–Crippen LogP) is 2.90. The zero-order chi connectivity index (χ0) is 17.3. The number of nitrogens with zero attached hydrogens (tertiary/aromatic N) is 1. The highest BCUT2D eigenvalue weighted by molar-refractivity contribution is 7.09. The van der Waals surface area contributed by atoms with Crippen LogP contribution in [0.5, 0.6) is 0 Å². The van der Waals surface area contributed by atoms with Crippen LogP contribution in [0.1, 0.15) is 58.6 Å². The maximum Gasteiger partial charge on any atom is 0.251 e. The lowest BCUT2D eigenvalue weighted by molar-refractivity contribution is -0.128. The van der Waals surface area contributed by atoms with Crippen LogP contribution in [-0.4, -0.2) is 16.8 Å². The first-order valence-electron chi connectivity index (χ1n) is 8.77. The number of hydrogen-bond donors (Lipinski definition) is 2. The van der Waals surface area contributed by atoms with E-state index in [1.165, 1.54) is 6.42 Å². The monoisotopic (exact) mass is 355 g/mol. The van der Waals surface area contributed by atoms with Crippen LogP contribution in [0.2, 0.25) is 0 Å². The first-order chi connectivity index (χ1) is 12.2. The molecule has 1 saturated carbocycles. The Morgan fingerprint density at radius 3 is 2.88 bits per heavy atom. The van der Waals surface area contributed by atoms with Crippen molar-refractivity contribution < 1.29 is 9.59 Å². The Labute approximate surface area is 150 Å². The van der Waals surface area contributed by atoms with E-state index in [-0.39, 0.29) is 11.8 Å². The van der Waals surface area contributed by atoms with Crippen molar-refractivity contribution in [2.75, 3.05) is 0 Å². The van der Waals surface area contributed by atoms with Crippen molar-refractivity contribution >= 4 is 23.2 Å². The van der Waals surface area contributed by atoms with Crippen molar-refractivity contribution in [3.8, 4) is 0 Å². The summed E-state index contributed by atoms with van der Waals surface area (Å²) in [6.45, 7) is 1.05. The molecular weight excluding hydrogens is 334 g/mol. The second-order valence-corrected chi connectivity index (χ2v) is 7.73. The van der Waals surface area contributed by atoms with Gasteiger partial charge in [-0.1, -0.05) is 31.4 Å². The van der Waals surface area contributed by atoms with E-state index in [9.17, 15) is 9.59 Å². The van der Waals surface area contributed by atoms with E-state index in [0.717, 1.165) is 47.4 Å². The quantitative estimate of drug-likeness (QED) is 0.886. The van der Waals surface area contributed by atoms with Crippen LogP contribution >= 0.6 is 11.3 Å². The van der Waals surface area contributed by atoms with Crippen LogP contribution in [0, 0.1) is 0 Å². The molecule has 2 N–H and O–H groups in total. The summed E-state index contributed by atoms with van der Waals surface area (Å²) in [6.07, 6.45) is 6.85. The van der Waals surface area contributed by atoms with Crippen molar-refractivity contribution in [3.63, 3.8) is 0 Å². The maximum absolute atomic E-state index is 13.1. The lowest BCUT2D eigenvalue weighted by Gasteiger charge is -2.34. The fourth-order valence-corrected chi connectivity index (χ4v) is 4.79. The number of carbonyl (C=O) groups is 2. The minimum Gasteiger partial charge on any atom is -0.351 e. The third-order valence-electron chi connectivity index (χ3n) is 5.29. The highest BCUT2D eigenvalue weighted by atomic mass is 32.1. The zero-order valence-corrected chi connectivity index (χ0v) is 14.8. The van der Waals surface area contributed by atoms with E-state index >= 15 is 0 Å². The molecule has 130 valence electrons. The normalized spacial score (nSPS) is 18.5. The number of amides is 2. The average molecular weight is 355 g/mol. The van der Waals surface area contributed by atoms with Gasteiger partial charge < -0.3 is 10.6 Å². The van der Waals surface area contributed by atoms with Crippen LogP contribution in [-0.2, 0) is 23.3 Å². The third-order valence-corrected chi connectivity index (χ3v) is 6.27. The van der Waals surface area contributed by atoms with Crippen molar-refractivity contribution in [2.24, 2.45) is 0 Å². The lowest BCUT2D eigenvalue weighted by atomic mass is 9.73. The Hall–Kier alpha value is -2.21. The van der Waals surface area contributed by atoms with Crippen molar-refractivity contribution in [3.05, 3.63) is 51.5 Å². The Morgan fingerprint density at radius 2 is 2.12 bits per heavy atom. The molecule has 0 unspecified atom stereocenters. The zero-order valence-electron chi connectivity index (χ0n) is 14.0. The van der Waals surface area contributed by atoms with E-state index in [2.05, 4.69) is 15.6 Å². The highest BCUT2D eigenvalue weighted by Gasteiger charge is 2.43. The van der Waals surface area contributed by atoms with Gasteiger partial charge in [-0.2, -0.15) is 0 Å². The Bertz CT molecular complexity index is 795. The molecule has 0 saturated heterocycles. The molecule has 25 heavy (non-hydrogen) atoms. The average Bonchev–Trinajstić information content (AvgIpc) is 3.31. The van der Waals surface area contributed by atoms with Crippen LogP contribution in [0.15, 0.2) is 29.8 Å². The molecule has 6 heteroatoms. The SMILES string of the molecule is O=C1NCc2cc(CNC(=O)C3(c4nccs4)CCCCC3)ccc21. The molecule has 4 rings (SSSR count). The molecule has 2 aliphatic rings. The number of carbonyl (C=O) groups excluding carboxylic acids is 2. The molecule has 2 aromatic rings. The molecule has 0 bridgehead atoms. The number of nitrogens with one attached hydrogen (secondary N) is 2. The first-order valence-corrected chi connectivity index (χ1v) is 9.65. The van der Waals surface area contributed by atoms with Gasteiger partial charge >= 0.3 is 0 Å². The summed E-state index contributed by atoms with van der Waals surface area (Å²) in [5.41, 5.74) is 2.29. The lowest BCUT2D eigenvalue weighted by Crippen LogP contribution is -2.45. The van der Waals surface area contributed by atoms with Gasteiger partial charge in [-0.15, -0.1) is 11.3 Å². The fourth-order valence-electron chi connectivity index (χ4n) is 3.90. The van der Waals surface area contributed by atoms with Crippen molar-refractivity contribution in [1.82, 2.24) is 15.6 Å². The largest absolute Gasteiger partial charge is 0.351 e. The number of thiazole rings is 1. The van der Waals surface area contributed by atoms with Gasteiger partial charge in [0.1, 0.15) is 10.4 Å². The van der Waals surface area contributed by atoms with Gasteiger partial charge in [-0.05, 0) is 30.0 Å². The van der Waals surface area contributed by atoms with Gasteiger partial charge in [0.2, 0.25) is 5.91 Å². The molecule has 1 fully saturated rings. The predicted molar refractivity (Wildman–Crippen MR) is 96.3 cm³/mol. The van der Waals surface area contributed by atoms with E-state index in [0.29, 0.717) is 13.1 Å². The van der Waals surface area contributed by atoms with Gasteiger partial charge in [-0.25, -0.2) is 4.98 Å². The van der Waals surface area contributed by atoms with E-state index in [1.54, 1.807) is 17.5 Å². The fraction of sp³-hybridized carbons (Fsp3) is 0.421. The Kier molecular flexibility index (Phi) is 4.29. The number of fused-ring (bicyclic) bond motifs is 1. The topological polar surface area (TPSA) is 71.1 Å². The van der Waals surface area contributed by atoms with Gasteiger partial charge in [0.15, 0.2) is 0 Å². The molecular formula is C19H21N3O2S. The number of aromatic nitrogens is 1. The molecule has 2 heterocycles. The summed E-state index contributed by atoms with van der Waals surface area (Å²) in [7, 11) is 0. The standard InChI is InChI=1S/C19H21N3O2S/c23-16-15-5-4-13(10-14(15)12-21-16)11-22-17(24)19(6-2-1-3-7-19)18-20-8-9-25-18/h4-5,8-10H,1-3,6-7,11-12H2,(H,21,23)(H,22,24). The van der Waals surface area contributed by atoms with E-state index < -0.39 is 5.41 Å². The Morgan fingerprint density at radius 1 is 1.28 bits per heavy atom. The van der Waals surface area contributed by atoms with E-state index in [4.69, 9.17) is 0 Å². The second kappa shape index (κ2) is 6.59. The van der Waals surface area contributed by atoms with Gasteiger partial charge in [-0.3, -0.25) is 9.59 Å². The number of hydrogen-bond acceptors (Lipinski definition) is 4. The minimum atomic E-state index is -0.472. The third kappa shape index (κ3) is 2.95. The summed E-state index contributed by atoms with van der Waals surface area (Å²) >= 11 is 1.58. The molecule has 2 amide bonds. The summed E-state index contributed by atoms with van der Waals surface area (Å²) in [6, 6.07) is 5.77. The Balaban J connectivity index is 1.50. The minimum absolute atomic E-state index is 0.0180. The van der Waals surface area contributed by atoms with Crippen molar-refractivity contribution in [2.45, 2.75) is 50.6 Å². The van der Waals surface area contributed by atoms with Crippen LogP contribution in [0.25, 0.3) is 0 Å². The number of rotatable bonds is 4. The second-order valence-electron chi connectivity index (χ2n) is 6.84. The molecule has 1 aliphatic carbocycles. The van der Waals surface area contributed by atoms with Gasteiger partial charge in [0.25, 0.3) is 5.91 Å². The molecule has 0 radical (unpaired) electrons. The van der Waals surface area contributed by atoms with Gasteiger partial charge in [0.05, 0.1) is 0 Å². The number of benzene rings is 1. The van der Waals surface area contributed by atoms with Crippen LogP contribution in [0.3, 0.4) is 0 Å². The molecule has 0 spiro atoms.